The summed E-state index contributed by atoms with van der Waals surface area (Å²) >= 11 is 3.01. The van der Waals surface area contributed by atoms with Gasteiger partial charge in [0.25, 0.3) is 5.91 Å². The largest absolute Gasteiger partial charge is 0.378 e. The second-order valence-corrected chi connectivity index (χ2v) is 7.79. The van der Waals surface area contributed by atoms with E-state index < -0.39 is 5.60 Å². The Bertz CT molecular complexity index is 984. The molecule has 2 heterocycles. The second kappa shape index (κ2) is 7.03. The number of hydrogen-bond acceptors (Lipinski definition) is 4. The fraction of sp³-hybridized carbons (Fsp3) is 0.0952. The summed E-state index contributed by atoms with van der Waals surface area (Å²) in [5, 5.41) is 22.0. The van der Waals surface area contributed by atoms with Gasteiger partial charge in [-0.3, -0.25) is 4.79 Å². The van der Waals surface area contributed by atoms with Crippen LogP contribution in [0.4, 0.5) is 0 Å². The van der Waals surface area contributed by atoms with Crippen molar-refractivity contribution >= 4 is 39.4 Å². The fourth-order valence-corrected chi connectivity index (χ4v) is 4.64. The third-order valence-corrected chi connectivity index (χ3v) is 6.17. The lowest BCUT2D eigenvalue weighted by Gasteiger charge is -2.27. The van der Waals surface area contributed by atoms with E-state index in [0.29, 0.717) is 5.56 Å². The van der Waals surface area contributed by atoms with Crippen LogP contribution in [0.3, 0.4) is 0 Å². The average molecular weight is 380 g/mol. The van der Waals surface area contributed by atoms with Gasteiger partial charge in [-0.1, -0.05) is 42.5 Å². The van der Waals surface area contributed by atoms with Crippen molar-refractivity contribution in [3.8, 4) is 0 Å². The highest BCUT2D eigenvalue weighted by molar-refractivity contribution is 7.10. The topological polar surface area (TPSA) is 49.3 Å². The molecule has 2 N–H and O–H groups in total. The van der Waals surface area contributed by atoms with Crippen LogP contribution in [0.1, 0.15) is 20.8 Å². The summed E-state index contributed by atoms with van der Waals surface area (Å²) in [5.41, 5.74) is 0.180. The number of carbonyl (C=O) groups is 1. The fourth-order valence-electron chi connectivity index (χ4n) is 3.07. The molecule has 0 saturated carbocycles. The first-order chi connectivity index (χ1) is 12.7. The molecule has 0 spiro atoms. The zero-order valence-electron chi connectivity index (χ0n) is 13.9. The maximum absolute atomic E-state index is 12.8. The van der Waals surface area contributed by atoms with Gasteiger partial charge in [0.15, 0.2) is 0 Å². The number of fused-ring (bicyclic) bond motifs is 1. The first-order valence-corrected chi connectivity index (χ1v) is 10.1. The van der Waals surface area contributed by atoms with E-state index in [0.717, 1.165) is 21.2 Å². The molecule has 0 aliphatic carbocycles. The van der Waals surface area contributed by atoms with E-state index in [1.54, 1.807) is 0 Å². The van der Waals surface area contributed by atoms with E-state index in [1.807, 2.05) is 76.8 Å². The Morgan fingerprint density at radius 3 is 2.62 bits per heavy atom. The van der Waals surface area contributed by atoms with Crippen molar-refractivity contribution in [2.45, 2.75) is 5.60 Å². The van der Waals surface area contributed by atoms with Crippen LogP contribution >= 0.6 is 22.7 Å². The summed E-state index contributed by atoms with van der Waals surface area (Å²) in [7, 11) is 0. The van der Waals surface area contributed by atoms with Crippen molar-refractivity contribution in [2.75, 3.05) is 6.54 Å². The summed E-state index contributed by atoms with van der Waals surface area (Å²) in [4.78, 5) is 13.6. The molecule has 0 radical (unpaired) electrons. The third kappa shape index (κ3) is 3.05. The van der Waals surface area contributed by atoms with E-state index in [2.05, 4.69) is 5.32 Å². The van der Waals surface area contributed by atoms with Crippen LogP contribution in [0.2, 0.25) is 0 Å². The number of thiophene rings is 2. The minimum Gasteiger partial charge on any atom is -0.378 e. The molecule has 3 nitrogen and oxygen atoms in total. The van der Waals surface area contributed by atoms with Crippen molar-refractivity contribution in [3.05, 3.63) is 92.8 Å². The van der Waals surface area contributed by atoms with E-state index >= 15 is 0 Å². The van der Waals surface area contributed by atoms with E-state index in [-0.39, 0.29) is 12.5 Å². The number of benzene rings is 2. The maximum atomic E-state index is 12.8. The van der Waals surface area contributed by atoms with Crippen molar-refractivity contribution in [1.29, 1.82) is 0 Å². The predicted octanol–water partition coefficient (Wildman–Crippen LogP) is 4.63. The predicted molar refractivity (Wildman–Crippen MR) is 108 cm³/mol. The molecule has 1 amide bonds. The molecule has 0 fully saturated rings. The highest BCUT2D eigenvalue weighted by atomic mass is 32.1. The van der Waals surface area contributed by atoms with Crippen molar-refractivity contribution in [3.63, 3.8) is 0 Å². The third-order valence-electron chi connectivity index (χ3n) is 4.47. The van der Waals surface area contributed by atoms with Crippen LogP contribution in [0.15, 0.2) is 76.8 Å². The summed E-state index contributed by atoms with van der Waals surface area (Å²) < 4.78 is 0. The summed E-state index contributed by atoms with van der Waals surface area (Å²) in [6, 6.07) is 19.2. The highest BCUT2D eigenvalue weighted by Crippen LogP contribution is 2.33. The zero-order chi connectivity index (χ0) is 18.0. The molecule has 5 heteroatoms. The number of hydrogen-bond donors (Lipinski definition) is 2. The number of nitrogens with one attached hydrogen (secondary N) is 1. The van der Waals surface area contributed by atoms with Crippen LogP contribution < -0.4 is 5.32 Å². The van der Waals surface area contributed by atoms with Gasteiger partial charge in [-0.05, 0) is 45.1 Å². The van der Waals surface area contributed by atoms with E-state index in [9.17, 15) is 9.90 Å². The molecule has 0 aliphatic rings. The van der Waals surface area contributed by atoms with E-state index in [1.165, 1.54) is 22.7 Å². The summed E-state index contributed by atoms with van der Waals surface area (Å²) in [6.07, 6.45) is 0. The van der Waals surface area contributed by atoms with Gasteiger partial charge >= 0.3 is 0 Å². The summed E-state index contributed by atoms with van der Waals surface area (Å²) in [5.74, 6) is -0.188. The van der Waals surface area contributed by atoms with Gasteiger partial charge in [0, 0.05) is 16.0 Å². The van der Waals surface area contributed by atoms with Crippen LogP contribution in [0.5, 0.6) is 0 Å². The quantitative estimate of drug-likeness (QED) is 0.531. The van der Waals surface area contributed by atoms with Crippen LogP contribution in [0.25, 0.3) is 10.8 Å². The first-order valence-electron chi connectivity index (χ1n) is 8.23. The number of amides is 1. The zero-order valence-corrected chi connectivity index (χ0v) is 15.5. The lowest BCUT2D eigenvalue weighted by atomic mass is 9.94. The van der Waals surface area contributed by atoms with Gasteiger partial charge in [0.1, 0.15) is 5.60 Å². The molecule has 0 saturated heterocycles. The van der Waals surface area contributed by atoms with Gasteiger partial charge in [-0.2, -0.15) is 11.3 Å². The normalized spacial score (nSPS) is 13.4. The summed E-state index contributed by atoms with van der Waals surface area (Å²) in [6.45, 7) is 0.117. The Kier molecular flexibility index (Phi) is 4.59. The van der Waals surface area contributed by atoms with Crippen molar-refractivity contribution in [1.82, 2.24) is 5.32 Å². The Hall–Kier alpha value is -2.47. The molecular weight excluding hydrogens is 362 g/mol. The molecule has 26 heavy (non-hydrogen) atoms. The van der Waals surface area contributed by atoms with Crippen molar-refractivity contribution < 1.29 is 9.90 Å². The second-order valence-electron chi connectivity index (χ2n) is 6.06. The Morgan fingerprint density at radius 1 is 1.00 bits per heavy atom. The van der Waals surface area contributed by atoms with Gasteiger partial charge in [0.05, 0.1) is 6.54 Å². The minimum atomic E-state index is -1.23. The Labute approximate surface area is 159 Å². The SMILES string of the molecule is O=C(NCC(O)(c1ccsc1)c1cccs1)c1cccc2ccccc12. The minimum absolute atomic E-state index is 0.117. The monoisotopic (exact) mass is 379 g/mol. The maximum Gasteiger partial charge on any atom is 0.252 e. The Balaban J connectivity index is 1.63. The smallest absolute Gasteiger partial charge is 0.252 e. The number of rotatable bonds is 5. The van der Waals surface area contributed by atoms with E-state index in [4.69, 9.17) is 0 Å². The molecule has 0 bridgehead atoms. The van der Waals surface area contributed by atoms with Crippen LogP contribution in [0, 0.1) is 0 Å². The molecule has 1 unspecified atom stereocenters. The van der Waals surface area contributed by atoms with Gasteiger partial charge in [-0.25, -0.2) is 0 Å². The van der Waals surface area contributed by atoms with Gasteiger partial charge < -0.3 is 10.4 Å². The first kappa shape index (κ1) is 17.0. The molecule has 2 aromatic carbocycles. The molecule has 1 atom stereocenters. The van der Waals surface area contributed by atoms with Gasteiger partial charge in [-0.15, -0.1) is 11.3 Å². The van der Waals surface area contributed by atoms with Crippen molar-refractivity contribution in [2.24, 2.45) is 0 Å². The highest BCUT2D eigenvalue weighted by Gasteiger charge is 2.33. The Morgan fingerprint density at radius 2 is 1.85 bits per heavy atom. The molecular formula is C21H17NO2S2. The van der Waals surface area contributed by atoms with Crippen LogP contribution in [-0.2, 0) is 5.60 Å². The van der Waals surface area contributed by atoms with Crippen LogP contribution in [-0.4, -0.2) is 17.6 Å². The molecule has 4 rings (SSSR count). The standard InChI is InChI=1S/C21H17NO2S2/c23-20(18-8-3-6-15-5-1-2-7-17(15)18)22-14-21(24,16-10-12-25-13-16)19-9-4-11-26-19/h1-13,24H,14H2,(H,22,23). The number of aliphatic hydroxyl groups is 1. The molecule has 130 valence electrons. The lowest BCUT2D eigenvalue weighted by Crippen LogP contribution is -2.41. The lowest BCUT2D eigenvalue weighted by molar-refractivity contribution is 0.0722. The average Bonchev–Trinajstić information content (AvgIpc) is 3.39. The number of carbonyl (C=O) groups excluding carboxylic acids is 1. The molecule has 0 aliphatic heterocycles. The molecule has 4 aromatic rings. The van der Waals surface area contributed by atoms with Gasteiger partial charge in [0.2, 0.25) is 0 Å². The molecule has 2 aromatic heterocycles.